The Morgan fingerprint density at radius 3 is 2.57 bits per heavy atom. The molecule has 0 bridgehead atoms. The highest BCUT2D eigenvalue weighted by Crippen LogP contribution is 2.23. The van der Waals surface area contributed by atoms with Gasteiger partial charge < -0.3 is 10.6 Å². The lowest BCUT2D eigenvalue weighted by atomic mass is 9.84. The summed E-state index contributed by atoms with van der Waals surface area (Å²) >= 11 is 0. The first-order chi connectivity index (χ1) is 13.3. The summed E-state index contributed by atoms with van der Waals surface area (Å²) in [6.07, 6.45) is 0. The largest absolute Gasteiger partial charge is 0.351 e. The van der Waals surface area contributed by atoms with Crippen LogP contribution in [0.4, 0.5) is 4.79 Å². The predicted octanol–water partition coefficient (Wildman–Crippen LogP) is 2.75. The molecule has 1 aliphatic heterocycles. The zero-order valence-corrected chi connectivity index (χ0v) is 16.4. The van der Waals surface area contributed by atoms with Crippen molar-refractivity contribution in [3.05, 3.63) is 70.8 Å². The standard InChI is InChI=1S/C22H25N3O3/c1-15-7-6-9-17(11-15)22(2,3)14-24-20(27)18-10-5-4-8-16(18)13-25-19(26)12-23-21(25)28/h4-11H,12-14H2,1-3H3,(H,23,28)(H,24,27). The number of hydrogen-bond acceptors (Lipinski definition) is 3. The third kappa shape index (κ3) is 4.22. The highest BCUT2D eigenvalue weighted by molar-refractivity contribution is 6.02. The maximum absolute atomic E-state index is 12.8. The highest BCUT2D eigenvalue weighted by Gasteiger charge is 2.29. The third-order valence-electron chi connectivity index (χ3n) is 5.02. The first kappa shape index (κ1) is 19.6. The highest BCUT2D eigenvalue weighted by atomic mass is 16.2. The minimum Gasteiger partial charge on any atom is -0.351 e. The van der Waals surface area contributed by atoms with Crippen LogP contribution in [-0.2, 0) is 16.8 Å². The van der Waals surface area contributed by atoms with Crippen molar-refractivity contribution in [1.29, 1.82) is 0 Å². The summed E-state index contributed by atoms with van der Waals surface area (Å²) in [4.78, 5) is 37.6. The van der Waals surface area contributed by atoms with Crippen molar-refractivity contribution in [2.45, 2.75) is 32.7 Å². The molecular formula is C22H25N3O3. The fourth-order valence-corrected chi connectivity index (χ4v) is 3.23. The monoisotopic (exact) mass is 379 g/mol. The molecule has 6 nitrogen and oxygen atoms in total. The Bertz CT molecular complexity index is 905. The predicted molar refractivity (Wildman–Crippen MR) is 107 cm³/mol. The molecule has 1 saturated heterocycles. The fraction of sp³-hybridized carbons (Fsp3) is 0.318. The lowest BCUT2D eigenvalue weighted by Gasteiger charge is -2.26. The van der Waals surface area contributed by atoms with Gasteiger partial charge in [-0.25, -0.2) is 4.79 Å². The van der Waals surface area contributed by atoms with Crippen molar-refractivity contribution >= 4 is 17.8 Å². The van der Waals surface area contributed by atoms with Gasteiger partial charge >= 0.3 is 6.03 Å². The topological polar surface area (TPSA) is 78.5 Å². The van der Waals surface area contributed by atoms with Gasteiger partial charge in [-0.05, 0) is 24.1 Å². The molecule has 0 radical (unpaired) electrons. The van der Waals surface area contributed by atoms with Crippen molar-refractivity contribution < 1.29 is 14.4 Å². The molecule has 2 N–H and O–H groups in total. The van der Waals surface area contributed by atoms with Crippen molar-refractivity contribution in [3.63, 3.8) is 0 Å². The molecule has 0 aromatic heterocycles. The number of hydrogen-bond donors (Lipinski definition) is 2. The molecule has 6 heteroatoms. The number of urea groups is 1. The van der Waals surface area contributed by atoms with E-state index in [1.54, 1.807) is 24.3 Å². The first-order valence-electron chi connectivity index (χ1n) is 9.29. The van der Waals surface area contributed by atoms with E-state index in [0.717, 1.165) is 10.5 Å². The second-order valence-electron chi connectivity index (χ2n) is 7.73. The lowest BCUT2D eigenvalue weighted by Crippen LogP contribution is -2.37. The van der Waals surface area contributed by atoms with E-state index in [0.29, 0.717) is 17.7 Å². The summed E-state index contributed by atoms with van der Waals surface area (Å²) in [6, 6.07) is 14.9. The molecule has 0 spiro atoms. The van der Waals surface area contributed by atoms with Gasteiger partial charge in [0.1, 0.15) is 0 Å². The van der Waals surface area contributed by atoms with Crippen molar-refractivity contribution in [2.24, 2.45) is 0 Å². The van der Waals surface area contributed by atoms with Crippen LogP contribution in [0.1, 0.15) is 40.9 Å². The van der Waals surface area contributed by atoms with Gasteiger partial charge in [0.15, 0.2) is 0 Å². The number of rotatable bonds is 6. The van der Waals surface area contributed by atoms with Crippen LogP contribution in [0.5, 0.6) is 0 Å². The van der Waals surface area contributed by atoms with Crippen molar-refractivity contribution in [2.75, 3.05) is 13.1 Å². The third-order valence-corrected chi connectivity index (χ3v) is 5.02. The minimum absolute atomic E-state index is 0.00210. The number of nitrogens with zero attached hydrogens (tertiary/aromatic N) is 1. The molecule has 28 heavy (non-hydrogen) atoms. The van der Waals surface area contributed by atoms with Crippen LogP contribution in [-0.4, -0.2) is 35.8 Å². The molecule has 0 aliphatic carbocycles. The summed E-state index contributed by atoms with van der Waals surface area (Å²) < 4.78 is 0. The Hall–Kier alpha value is -3.15. The zero-order valence-electron chi connectivity index (χ0n) is 16.4. The lowest BCUT2D eigenvalue weighted by molar-refractivity contribution is -0.125. The molecule has 2 aromatic rings. The van der Waals surface area contributed by atoms with Crippen LogP contribution in [0.3, 0.4) is 0 Å². The Morgan fingerprint density at radius 1 is 1.14 bits per heavy atom. The van der Waals surface area contributed by atoms with Gasteiger partial charge in [0.05, 0.1) is 13.1 Å². The van der Waals surface area contributed by atoms with Gasteiger partial charge in [-0.1, -0.05) is 61.9 Å². The summed E-state index contributed by atoms with van der Waals surface area (Å²) in [5.74, 6) is -0.510. The normalized spacial score (nSPS) is 14.2. The van der Waals surface area contributed by atoms with Crippen LogP contribution in [0, 0.1) is 6.92 Å². The summed E-state index contributed by atoms with van der Waals surface area (Å²) in [5.41, 5.74) is 3.20. The molecule has 0 saturated carbocycles. The maximum atomic E-state index is 12.8. The molecule has 1 heterocycles. The molecule has 1 fully saturated rings. The van der Waals surface area contributed by atoms with Crippen molar-refractivity contribution in [3.8, 4) is 0 Å². The number of aryl methyl sites for hydroxylation is 1. The number of carbonyl (C=O) groups is 3. The smallest absolute Gasteiger partial charge is 0.324 e. The summed E-state index contributed by atoms with van der Waals surface area (Å²) in [6.45, 7) is 6.76. The van der Waals surface area contributed by atoms with E-state index >= 15 is 0 Å². The number of imide groups is 1. The number of benzene rings is 2. The van der Waals surface area contributed by atoms with Crippen LogP contribution in [0.15, 0.2) is 48.5 Å². The molecule has 3 rings (SSSR count). The quantitative estimate of drug-likeness (QED) is 0.758. The fourth-order valence-electron chi connectivity index (χ4n) is 3.23. The minimum atomic E-state index is -0.430. The second kappa shape index (κ2) is 7.84. The van der Waals surface area contributed by atoms with Gasteiger partial charge in [0, 0.05) is 17.5 Å². The van der Waals surface area contributed by atoms with Gasteiger partial charge in [-0.3, -0.25) is 14.5 Å². The van der Waals surface area contributed by atoms with E-state index in [2.05, 4.69) is 36.6 Å². The van der Waals surface area contributed by atoms with Gasteiger partial charge in [-0.2, -0.15) is 0 Å². The molecule has 0 atom stereocenters. The average Bonchev–Trinajstić information content (AvgIpc) is 2.99. The van der Waals surface area contributed by atoms with Gasteiger partial charge in [-0.15, -0.1) is 0 Å². The second-order valence-corrected chi connectivity index (χ2v) is 7.73. The molecule has 146 valence electrons. The van der Waals surface area contributed by atoms with Crippen molar-refractivity contribution in [1.82, 2.24) is 15.5 Å². The zero-order chi connectivity index (χ0) is 20.3. The van der Waals surface area contributed by atoms with Crippen LogP contribution in [0.2, 0.25) is 0 Å². The molecular weight excluding hydrogens is 354 g/mol. The van der Waals surface area contributed by atoms with E-state index in [1.807, 2.05) is 19.1 Å². The van der Waals surface area contributed by atoms with E-state index < -0.39 is 6.03 Å². The molecule has 4 amide bonds. The number of amides is 4. The van der Waals surface area contributed by atoms with Crippen LogP contribution >= 0.6 is 0 Å². The average molecular weight is 379 g/mol. The Labute approximate surface area is 164 Å². The van der Waals surface area contributed by atoms with E-state index in [9.17, 15) is 14.4 Å². The maximum Gasteiger partial charge on any atom is 0.324 e. The summed E-state index contributed by atoms with van der Waals surface area (Å²) in [7, 11) is 0. The van der Waals surface area contributed by atoms with Crippen LogP contribution in [0.25, 0.3) is 0 Å². The molecule has 0 unspecified atom stereocenters. The Morgan fingerprint density at radius 2 is 1.89 bits per heavy atom. The van der Waals surface area contributed by atoms with Gasteiger partial charge in [0.2, 0.25) is 5.91 Å². The molecule has 2 aromatic carbocycles. The summed E-state index contributed by atoms with van der Waals surface area (Å²) in [5, 5.41) is 5.49. The Balaban J connectivity index is 1.73. The van der Waals surface area contributed by atoms with E-state index in [-0.39, 0.29) is 30.3 Å². The first-order valence-corrected chi connectivity index (χ1v) is 9.29. The van der Waals surface area contributed by atoms with E-state index in [1.165, 1.54) is 5.56 Å². The number of carbonyl (C=O) groups excluding carboxylic acids is 3. The van der Waals surface area contributed by atoms with E-state index in [4.69, 9.17) is 0 Å². The Kier molecular flexibility index (Phi) is 5.49. The van der Waals surface area contributed by atoms with Crippen LogP contribution < -0.4 is 10.6 Å². The molecule has 1 aliphatic rings. The van der Waals surface area contributed by atoms with Gasteiger partial charge in [0.25, 0.3) is 5.91 Å². The SMILES string of the molecule is Cc1cccc(C(C)(C)CNC(=O)c2ccccc2CN2C(=O)CNC2=O)c1. The number of nitrogens with one attached hydrogen (secondary N) is 2.